The second-order valence-electron chi connectivity index (χ2n) is 5.86. The van der Waals surface area contributed by atoms with Crippen molar-refractivity contribution in [1.29, 1.82) is 0 Å². The number of aromatic nitrogens is 2. The number of sulfone groups is 1. The molecule has 8 nitrogen and oxygen atoms in total. The smallest absolute Gasteiger partial charge is 0.290 e. The second kappa shape index (κ2) is 9.06. The highest BCUT2D eigenvalue weighted by molar-refractivity contribution is 7.90. The van der Waals surface area contributed by atoms with E-state index in [0.29, 0.717) is 11.7 Å². The van der Waals surface area contributed by atoms with Gasteiger partial charge in [0.2, 0.25) is 9.84 Å². The van der Waals surface area contributed by atoms with E-state index in [-0.39, 0.29) is 17.3 Å². The van der Waals surface area contributed by atoms with Crippen LogP contribution < -0.4 is 10.2 Å². The monoisotopic (exact) mass is 398 g/mol. The molecule has 2 N–H and O–H groups in total. The number of hydrogen-bond acceptors (Lipinski definition) is 8. The average Bonchev–Trinajstić information content (AvgIpc) is 3.28. The first-order valence-corrected chi connectivity index (χ1v) is 10.6. The van der Waals surface area contributed by atoms with Crippen molar-refractivity contribution in [3.8, 4) is 0 Å². The van der Waals surface area contributed by atoms with E-state index in [2.05, 4.69) is 20.2 Å². The lowest BCUT2D eigenvalue weighted by Gasteiger charge is -2.27. The van der Waals surface area contributed by atoms with Crippen LogP contribution in [0.15, 0.2) is 28.0 Å². The summed E-state index contributed by atoms with van der Waals surface area (Å²) >= 11 is 1.39. The number of anilines is 1. The SMILES string of the molecule is Cc1nc(S(=O)(=O)Cc2cscn2)ccc1N(C)[C@H]1CCNC1.O=CO. The molecule has 142 valence electrons. The summed E-state index contributed by atoms with van der Waals surface area (Å²) < 4.78 is 24.9. The van der Waals surface area contributed by atoms with Crippen LogP contribution in [0.25, 0.3) is 0 Å². The van der Waals surface area contributed by atoms with Gasteiger partial charge in [-0.1, -0.05) is 0 Å². The summed E-state index contributed by atoms with van der Waals surface area (Å²) in [7, 11) is -1.43. The maximum Gasteiger partial charge on any atom is 0.290 e. The quantitative estimate of drug-likeness (QED) is 0.725. The van der Waals surface area contributed by atoms with Gasteiger partial charge in [-0.2, -0.15) is 0 Å². The predicted octanol–water partition coefficient (Wildman–Crippen LogP) is 1.32. The standard InChI is InChI=1S/C15H20N4O2S2.CH2O2/c1-11-14(19(2)13-5-6-16-7-13)3-4-15(18-11)23(20,21)9-12-8-22-10-17-12;2-1-3/h3-4,8,10,13,16H,5-7,9H2,1-2H3;1H,(H,2,3)/t13-;/m0./s1. The third kappa shape index (κ3) is 4.99. The van der Waals surface area contributed by atoms with Crippen LogP contribution in [0, 0.1) is 6.92 Å². The number of carboxylic acid groups (broad SMARTS) is 1. The maximum atomic E-state index is 12.5. The lowest BCUT2D eigenvalue weighted by Crippen LogP contribution is -2.34. The average molecular weight is 399 g/mol. The molecule has 3 heterocycles. The summed E-state index contributed by atoms with van der Waals surface area (Å²) in [5, 5.41) is 12.1. The van der Waals surface area contributed by atoms with E-state index < -0.39 is 9.84 Å². The zero-order valence-electron chi connectivity index (χ0n) is 14.6. The Hall–Kier alpha value is -2.04. The summed E-state index contributed by atoms with van der Waals surface area (Å²) in [5.74, 6) is -0.106. The molecule has 1 aliphatic rings. The van der Waals surface area contributed by atoms with Crippen molar-refractivity contribution in [2.75, 3.05) is 25.0 Å². The minimum absolute atomic E-state index is 0.106. The fraction of sp³-hybridized carbons (Fsp3) is 0.438. The third-order valence-corrected chi connectivity index (χ3v) is 6.31. The first-order valence-electron chi connectivity index (χ1n) is 7.98. The summed E-state index contributed by atoms with van der Waals surface area (Å²) in [5.41, 5.74) is 3.91. The van der Waals surface area contributed by atoms with Crippen LogP contribution in [-0.2, 0) is 20.4 Å². The van der Waals surface area contributed by atoms with E-state index in [4.69, 9.17) is 9.90 Å². The zero-order chi connectivity index (χ0) is 19.2. The Balaban J connectivity index is 0.000000758. The molecule has 0 radical (unpaired) electrons. The highest BCUT2D eigenvalue weighted by Crippen LogP contribution is 2.24. The highest BCUT2D eigenvalue weighted by Gasteiger charge is 2.23. The molecule has 0 spiro atoms. The molecule has 1 saturated heterocycles. The highest BCUT2D eigenvalue weighted by atomic mass is 32.2. The Morgan fingerprint density at radius 3 is 2.73 bits per heavy atom. The van der Waals surface area contributed by atoms with Gasteiger partial charge in [0.25, 0.3) is 6.47 Å². The summed E-state index contributed by atoms with van der Waals surface area (Å²) in [4.78, 5) is 18.9. The third-order valence-electron chi connectivity index (χ3n) is 4.13. The van der Waals surface area contributed by atoms with Crippen LogP contribution in [0.3, 0.4) is 0 Å². The number of aryl methyl sites for hydroxylation is 1. The molecule has 0 saturated carbocycles. The molecule has 10 heteroatoms. The van der Waals surface area contributed by atoms with Crippen molar-refractivity contribution in [2.24, 2.45) is 0 Å². The van der Waals surface area contributed by atoms with Gasteiger partial charge in [0, 0.05) is 25.0 Å². The van der Waals surface area contributed by atoms with Crippen LogP contribution >= 0.6 is 11.3 Å². The van der Waals surface area contributed by atoms with E-state index in [1.807, 2.05) is 20.0 Å². The molecule has 1 atom stereocenters. The summed E-state index contributed by atoms with van der Waals surface area (Å²) in [6, 6.07) is 3.88. The van der Waals surface area contributed by atoms with Crippen molar-refractivity contribution in [2.45, 2.75) is 30.2 Å². The largest absolute Gasteiger partial charge is 0.483 e. The maximum absolute atomic E-state index is 12.5. The number of hydrogen-bond donors (Lipinski definition) is 2. The molecule has 1 fully saturated rings. The minimum Gasteiger partial charge on any atom is -0.483 e. The Kier molecular flexibility index (Phi) is 7.06. The van der Waals surface area contributed by atoms with Crippen LogP contribution in [0.1, 0.15) is 17.8 Å². The normalized spacial score (nSPS) is 16.6. The van der Waals surface area contributed by atoms with Crippen LogP contribution in [0.5, 0.6) is 0 Å². The number of pyridine rings is 1. The first kappa shape index (κ1) is 20.3. The van der Waals surface area contributed by atoms with E-state index in [0.717, 1.165) is 30.9 Å². The minimum atomic E-state index is -3.47. The van der Waals surface area contributed by atoms with Gasteiger partial charge >= 0.3 is 0 Å². The van der Waals surface area contributed by atoms with Gasteiger partial charge in [-0.25, -0.2) is 18.4 Å². The van der Waals surface area contributed by atoms with Gasteiger partial charge in [0.1, 0.15) is 0 Å². The molecule has 0 unspecified atom stereocenters. The van der Waals surface area contributed by atoms with E-state index in [1.54, 1.807) is 17.0 Å². The van der Waals surface area contributed by atoms with Gasteiger partial charge in [-0.3, -0.25) is 4.79 Å². The van der Waals surface area contributed by atoms with Gasteiger partial charge in [0.05, 0.1) is 28.3 Å². The van der Waals surface area contributed by atoms with E-state index in [9.17, 15) is 8.42 Å². The molecule has 1 aliphatic heterocycles. The topological polar surface area (TPSA) is 112 Å². The fourth-order valence-electron chi connectivity index (χ4n) is 2.82. The van der Waals surface area contributed by atoms with Crippen molar-refractivity contribution in [1.82, 2.24) is 15.3 Å². The molecule has 0 aliphatic carbocycles. The molecule has 3 rings (SSSR count). The summed E-state index contributed by atoms with van der Waals surface area (Å²) in [6.07, 6.45) is 1.08. The number of nitrogens with one attached hydrogen (secondary N) is 1. The van der Waals surface area contributed by atoms with Crippen molar-refractivity contribution in [3.63, 3.8) is 0 Å². The molecule has 2 aromatic heterocycles. The molecular formula is C16H22N4O4S2. The molecule has 2 aromatic rings. The Morgan fingerprint density at radius 2 is 2.19 bits per heavy atom. The first-order chi connectivity index (χ1) is 12.4. The second-order valence-corrected chi connectivity index (χ2v) is 8.51. The Bertz CT molecular complexity index is 819. The number of likely N-dealkylation sites (N-methyl/N-ethyl adjacent to an activating group) is 1. The van der Waals surface area contributed by atoms with Gasteiger partial charge in [-0.15, -0.1) is 11.3 Å². The van der Waals surface area contributed by atoms with E-state index in [1.165, 1.54) is 11.3 Å². The van der Waals surface area contributed by atoms with Crippen LogP contribution in [0.2, 0.25) is 0 Å². The van der Waals surface area contributed by atoms with Crippen LogP contribution in [0.4, 0.5) is 5.69 Å². The number of carbonyl (C=O) groups is 1. The van der Waals surface area contributed by atoms with Gasteiger partial charge < -0.3 is 15.3 Å². The van der Waals surface area contributed by atoms with Crippen LogP contribution in [-0.4, -0.2) is 56.1 Å². The molecule has 0 bridgehead atoms. The zero-order valence-corrected chi connectivity index (χ0v) is 16.3. The Labute approximate surface area is 156 Å². The number of nitrogens with zero attached hydrogens (tertiary/aromatic N) is 3. The van der Waals surface area contributed by atoms with E-state index >= 15 is 0 Å². The Morgan fingerprint density at radius 1 is 1.46 bits per heavy atom. The molecule has 0 amide bonds. The fourth-order valence-corrected chi connectivity index (χ4v) is 4.73. The van der Waals surface area contributed by atoms with Gasteiger partial charge in [0.15, 0.2) is 5.03 Å². The number of rotatable bonds is 5. The summed E-state index contributed by atoms with van der Waals surface area (Å²) in [6.45, 7) is 3.57. The van der Waals surface area contributed by atoms with Crippen molar-refractivity contribution < 1.29 is 18.3 Å². The van der Waals surface area contributed by atoms with Crippen molar-refractivity contribution in [3.05, 3.63) is 34.4 Å². The lowest BCUT2D eigenvalue weighted by atomic mass is 10.2. The molecule has 0 aromatic carbocycles. The number of thiazole rings is 1. The molecular weight excluding hydrogens is 376 g/mol. The predicted molar refractivity (Wildman–Crippen MR) is 100 cm³/mol. The van der Waals surface area contributed by atoms with Gasteiger partial charge in [-0.05, 0) is 32.0 Å². The lowest BCUT2D eigenvalue weighted by molar-refractivity contribution is -0.122. The van der Waals surface area contributed by atoms with Crippen molar-refractivity contribution >= 4 is 33.3 Å². The molecule has 26 heavy (non-hydrogen) atoms.